The van der Waals surface area contributed by atoms with Crippen molar-refractivity contribution in [3.8, 4) is 5.69 Å². The number of carbonyl (C=O) groups is 1. The maximum atomic E-state index is 12.4. The van der Waals surface area contributed by atoms with Gasteiger partial charge in [0.15, 0.2) is 0 Å². The Morgan fingerprint density at radius 1 is 1.28 bits per heavy atom. The molecule has 2 aromatic rings. The first-order valence-corrected chi connectivity index (χ1v) is 9.04. The van der Waals surface area contributed by atoms with Gasteiger partial charge in [-0.25, -0.2) is 9.48 Å². The van der Waals surface area contributed by atoms with E-state index in [0.29, 0.717) is 12.5 Å². The maximum Gasteiger partial charge on any atom is 0.320 e. The molecule has 2 aliphatic rings. The van der Waals surface area contributed by atoms with Crippen molar-refractivity contribution < 1.29 is 9.53 Å². The van der Waals surface area contributed by atoms with Crippen molar-refractivity contribution in [3.05, 3.63) is 41.6 Å². The molecule has 1 atom stereocenters. The van der Waals surface area contributed by atoms with E-state index in [-0.39, 0.29) is 12.1 Å². The van der Waals surface area contributed by atoms with Crippen molar-refractivity contribution in [1.29, 1.82) is 0 Å². The van der Waals surface area contributed by atoms with Crippen molar-refractivity contribution in [2.24, 2.45) is 0 Å². The molecule has 6 heteroatoms. The molecule has 0 bridgehead atoms. The zero-order chi connectivity index (χ0) is 17.2. The highest BCUT2D eigenvalue weighted by Crippen LogP contribution is 2.42. The molecule has 0 unspecified atom stereocenters. The molecule has 6 nitrogen and oxygen atoms in total. The second-order valence-electron chi connectivity index (χ2n) is 6.85. The lowest BCUT2D eigenvalue weighted by Crippen LogP contribution is -2.35. The smallest absolute Gasteiger partial charge is 0.320 e. The number of hydrogen-bond acceptors (Lipinski definition) is 3. The molecule has 0 radical (unpaired) electrons. The minimum atomic E-state index is -0.210. The van der Waals surface area contributed by atoms with Crippen LogP contribution in [0.1, 0.15) is 42.9 Å². The molecule has 1 aliphatic heterocycles. The van der Waals surface area contributed by atoms with E-state index in [2.05, 4.69) is 10.6 Å². The lowest BCUT2D eigenvalue weighted by atomic mass is 10.2. The van der Waals surface area contributed by atoms with Crippen LogP contribution in [0.5, 0.6) is 0 Å². The Balaban J connectivity index is 1.53. The summed E-state index contributed by atoms with van der Waals surface area (Å²) >= 11 is 0. The summed E-state index contributed by atoms with van der Waals surface area (Å²) in [4.78, 5) is 12.4. The summed E-state index contributed by atoms with van der Waals surface area (Å²) in [6.45, 7) is 3.37. The van der Waals surface area contributed by atoms with E-state index in [9.17, 15) is 4.79 Å². The van der Waals surface area contributed by atoms with Crippen LogP contribution in [0, 0.1) is 6.92 Å². The molecule has 1 aromatic carbocycles. The predicted molar refractivity (Wildman–Crippen MR) is 96.3 cm³/mol. The van der Waals surface area contributed by atoms with Crippen LogP contribution < -0.4 is 10.6 Å². The van der Waals surface area contributed by atoms with Gasteiger partial charge in [-0.05, 0) is 44.7 Å². The van der Waals surface area contributed by atoms with Crippen LogP contribution in [0.15, 0.2) is 30.3 Å². The summed E-state index contributed by atoms with van der Waals surface area (Å²) < 4.78 is 7.40. The fourth-order valence-electron chi connectivity index (χ4n) is 3.32. The van der Waals surface area contributed by atoms with Gasteiger partial charge >= 0.3 is 6.03 Å². The number of amides is 2. The van der Waals surface area contributed by atoms with Crippen molar-refractivity contribution in [1.82, 2.24) is 15.1 Å². The van der Waals surface area contributed by atoms with Gasteiger partial charge in [-0.1, -0.05) is 18.2 Å². The monoisotopic (exact) mass is 340 g/mol. The highest BCUT2D eigenvalue weighted by atomic mass is 16.5. The fourth-order valence-corrected chi connectivity index (χ4v) is 3.32. The second kappa shape index (κ2) is 6.88. The minimum Gasteiger partial charge on any atom is -0.376 e. The van der Waals surface area contributed by atoms with Crippen molar-refractivity contribution in [2.75, 3.05) is 18.5 Å². The predicted octanol–water partition coefficient (Wildman–Crippen LogP) is 3.36. The van der Waals surface area contributed by atoms with E-state index >= 15 is 0 Å². The topological polar surface area (TPSA) is 68.2 Å². The molecule has 2 heterocycles. The average molecular weight is 340 g/mol. The van der Waals surface area contributed by atoms with Gasteiger partial charge in [0.05, 0.1) is 17.5 Å². The van der Waals surface area contributed by atoms with E-state index in [4.69, 9.17) is 9.84 Å². The SMILES string of the molecule is Cc1c(C2CC2)nn(-c2ccccc2)c1NC(=O)NC[C@H]1CCCO1. The van der Waals surface area contributed by atoms with Crippen molar-refractivity contribution in [2.45, 2.75) is 44.6 Å². The summed E-state index contributed by atoms with van der Waals surface area (Å²) in [6, 6.07) is 9.72. The maximum absolute atomic E-state index is 12.4. The highest BCUT2D eigenvalue weighted by Gasteiger charge is 2.31. The number of aromatic nitrogens is 2. The molecule has 0 spiro atoms. The summed E-state index contributed by atoms with van der Waals surface area (Å²) in [5, 5.41) is 10.7. The first-order chi connectivity index (χ1) is 12.2. The molecule has 1 aliphatic carbocycles. The van der Waals surface area contributed by atoms with Crippen LogP contribution >= 0.6 is 0 Å². The molecule has 1 aromatic heterocycles. The normalized spacial score (nSPS) is 19.8. The van der Waals surface area contributed by atoms with Crippen molar-refractivity contribution >= 4 is 11.8 Å². The number of para-hydroxylation sites is 1. The van der Waals surface area contributed by atoms with Crippen LogP contribution in [0.4, 0.5) is 10.6 Å². The number of hydrogen-bond donors (Lipinski definition) is 2. The summed E-state index contributed by atoms with van der Waals surface area (Å²) in [7, 11) is 0. The van der Waals surface area contributed by atoms with Gasteiger partial charge in [-0.15, -0.1) is 0 Å². The van der Waals surface area contributed by atoms with Gasteiger partial charge in [0, 0.05) is 24.6 Å². The number of nitrogens with zero attached hydrogens (tertiary/aromatic N) is 2. The minimum absolute atomic E-state index is 0.132. The Morgan fingerprint density at radius 2 is 2.08 bits per heavy atom. The second-order valence-corrected chi connectivity index (χ2v) is 6.85. The average Bonchev–Trinajstić information content (AvgIpc) is 3.24. The van der Waals surface area contributed by atoms with Crippen LogP contribution in [-0.2, 0) is 4.74 Å². The molecular weight excluding hydrogens is 316 g/mol. The largest absolute Gasteiger partial charge is 0.376 e. The van der Waals surface area contributed by atoms with Gasteiger partial charge in [0.25, 0.3) is 0 Å². The molecule has 1 saturated carbocycles. The zero-order valence-corrected chi connectivity index (χ0v) is 14.5. The third-order valence-electron chi connectivity index (χ3n) is 4.87. The van der Waals surface area contributed by atoms with E-state index in [0.717, 1.165) is 42.2 Å². The van der Waals surface area contributed by atoms with Gasteiger partial charge in [0.1, 0.15) is 5.82 Å². The number of anilines is 1. The Morgan fingerprint density at radius 3 is 2.76 bits per heavy atom. The standard InChI is InChI=1S/C19H24N4O2/c1-13-17(14-9-10-14)22-23(15-6-3-2-4-7-15)18(13)21-19(24)20-12-16-8-5-11-25-16/h2-4,6-7,14,16H,5,8-12H2,1H3,(H2,20,21,24)/t16-/m1/s1. The van der Waals surface area contributed by atoms with Crippen LogP contribution in [-0.4, -0.2) is 35.1 Å². The Hall–Kier alpha value is -2.34. The number of urea groups is 1. The first kappa shape index (κ1) is 16.1. The quantitative estimate of drug-likeness (QED) is 0.877. The van der Waals surface area contributed by atoms with Crippen molar-refractivity contribution in [3.63, 3.8) is 0 Å². The third kappa shape index (κ3) is 3.54. The van der Waals surface area contributed by atoms with Crippen LogP contribution in [0.3, 0.4) is 0 Å². The molecule has 2 amide bonds. The lowest BCUT2D eigenvalue weighted by Gasteiger charge is -2.13. The third-order valence-corrected chi connectivity index (χ3v) is 4.87. The van der Waals surface area contributed by atoms with E-state index in [1.54, 1.807) is 0 Å². The Labute approximate surface area is 147 Å². The van der Waals surface area contributed by atoms with Gasteiger partial charge < -0.3 is 10.1 Å². The summed E-state index contributed by atoms with van der Waals surface area (Å²) in [6.07, 6.45) is 4.56. The molecule has 2 N–H and O–H groups in total. The van der Waals surface area contributed by atoms with E-state index in [1.807, 2.05) is 41.9 Å². The molecule has 1 saturated heterocycles. The summed E-state index contributed by atoms with van der Waals surface area (Å²) in [5.74, 6) is 1.28. The number of benzene rings is 1. The molecule has 25 heavy (non-hydrogen) atoms. The van der Waals surface area contributed by atoms with E-state index in [1.165, 1.54) is 12.8 Å². The molecular formula is C19H24N4O2. The highest BCUT2D eigenvalue weighted by molar-refractivity contribution is 5.89. The Kier molecular flexibility index (Phi) is 4.44. The van der Waals surface area contributed by atoms with Crippen LogP contribution in [0.25, 0.3) is 5.69 Å². The molecule has 4 rings (SSSR count). The number of carbonyl (C=O) groups excluding carboxylic acids is 1. The first-order valence-electron chi connectivity index (χ1n) is 9.04. The lowest BCUT2D eigenvalue weighted by molar-refractivity contribution is 0.112. The Bertz CT molecular complexity index is 746. The molecule has 132 valence electrons. The van der Waals surface area contributed by atoms with E-state index < -0.39 is 0 Å². The van der Waals surface area contributed by atoms with Gasteiger partial charge in [-0.3, -0.25) is 5.32 Å². The summed E-state index contributed by atoms with van der Waals surface area (Å²) in [5.41, 5.74) is 3.10. The molecule has 2 fully saturated rings. The fraction of sp³-hybridized carbons (Fsp3) is 0.474. The number of rotatable bonds is 5. The number of ether oxygens (including phenoxy) is 1. The zero-order valence-electron chi connectivity index (χ0n) is 14.5. The van der Waals surface area contributed by atoms with Crippen LogP contribution in [0.2, 0.25) is 0 Å². The van der Waals surface area contributed by atoms with Gasteiger partial charge in [0.2, 0.25) is 0 Å². The number of nitrogens with one attached hydrogen (secondary N) is 2. The van der Waals surface area contributed by atoms with Gasteiger partial charge in [-0.2, -0.15) is 5.10 Å².